The molecule has 0 spiro atoms. The molecule has 9 heavy (non-hydrogen) atoms. The Morgan fingerprint density at radius 2 is 2.33 bits per heavy atom. The molecule has 1 atom stereocenters. The van der Waals surface area contributed by atoms with Gasteiger partial charge in [-0.3, -0.25) is 0 Å². The minimum absolute atomic E-state index is 0.800. The van der Waals surface area contributed by atoms with E-state index in [1.807, 2.05) is 13.8 Å². The monoisotopic (exact) mass is 131 g/mol. The molecule has 0 aliphatic heterocycles. The van der Waals surface area contributed by atoms with Crippen LogP contribution in [0.1, 0.15) is 27.2 Å². The third-order valence-corrected chi connectivity index (χ3v) is 0.873. The highest BCUT2D eigenvalue weighted by molar-refractivity contribution is 5.80. The molecular formula is C6H13NO2. The lowest BCUT2D eigenvalue weighted by Crippen LogP contribution is -2.02. The molecule has 0 rings (SSSR count). The molecule has 0 bridgehead atoms. The molecule has 1 N–H and O–H groups in total. The van der Waals surface area contributed by atoms with Crippen LogP contribution in [0.3, 0.4) is 0 Å². The van der Waals surface area contributed by atoms with Crippen LogP contribution in [0.25, 0.3) is 0 Å². The smallest absolute Gasteiger partial charge is 0.221 e. The molecule has 0 fully saturated rings. The topological polar surface area (TPSA) is 41.8 Å². The van der Waals surface area contributed by atoms with Gasteiger partial charge >= 0.3 is 0 Å². The summed E-state index contributed by atoms with van der Waals surface area (Å²) in [5, 5.41) is 12.2. The van der Waals surface area contributed by atoms with Crippen LogP contribution in [0.15, 0.2) is 5.16 Å². The zero-order valence-corrected chi connectivity index (χ0v) is 6.09. The van der Waals surface area contributed by atoms with Crippen molar-refractivity contribution >= 4 is 5.71 Å². The molecular weight excluding hydrogens is 118 g/mol. The molecule has 0 saturated heterocycles. The first-order valence-electron chi connectivity index (χ1n) is 3.04. The minimum atomic E-state index is -0.800. The Morgan fingerprint density at radius 3 is 2.67 bits per heavy atom. The maximum atomic E-state index is 8.57. The predicted octanol–water partition coefficient (Wildman–Crippen LogP) is 1.13. The molecule has 0 heterocycles. The molecule has 0 saturated carbocycles. The second kappa shape index (κ2) is 4.32. The third kappa shape index (κ3) is 5.30. The van der Waals surface area contributed by atoms with Crippen molar-refractivity contribution in [1.82, 2.24) is 0 Å². The van der Waals surface area contributed by atoms with Crippen molar-refractivity contribution in [3.63, 3.8) is 0 Å². The molecule has 54 valence electrons. The summed E-state index contributed by atoms with van der Waals surface area (Å²) in [6.45, 7) is 5.35. The van der Waals surface area contributed by atoms with E-state index in [4.69, 9.17) is 5.11 Å². The lowest BCUT2D eigenvalue weighted by Gasteiger charge is -2.00. The van der Waals surface area contributed by atoms with Crippen molar-refractivity contribution in [3.8, 4) is 0 Å². The number of hydrogen-bond acceptors (Lipinski definition) is 3. The quantitative estimate of drug-likeness (QED) is 0.354. The Balaban J connectivity index is 3.43. The second-order valence-electron chi connectivity index (χ2n) is 1.88. The Kier molecular flexibility index (Phi) is 4.05. The molecule has 3 nitrogen and oxygen atoms in total. The maximum absolute atomic E-state index is 8.57. The fraction of sp³-hybridized carbons (Fsp3) is 0.833. The zero-order valence-electron chi connectivity index (χ0n) is 6.09. The normalized spacial score (nSPS) is 15.3. The number of hydrogen-bond donors (Lipinski definition) is 1. The van der Waals surface area contributed by atoms with Gasteiger partial charge in [-0.25, -0.2) is 0 Å². The van der Waals surface area contributed by atoms with E-state index in [2.05, 4.69) is 9.99 Å². The number of nitrogens with zero attached hydrogens (tertiary/aromatic N) is 1. The van der Waals surface area contributed by atoms with Crippen LogP contribution in [0.5, 0.6) is 0 Å². The van der Waals surface area contributed by atoms with E-state index >= 15 is 0 Å². The number of aliphatic hydroxyl groups excluding tert-OH is 1. The summed E-state index contributed by atoms with van der Waals surface area (Å²) in [6, 6.07) is 0. The summed E-state index contributed by atoms with van der Waals surface area (Å²) in [5.74, 6) is 0. The summed E-state index contributed by atoms with van der Waals surface area (Å²) in [4.78, 5) is 4.54. The molecule has 3 heteroatoms. The van der Waals surface area contributed by atoms with Crippen molar-refractivity contribution < 1.29 is 9.94 Å². The van der Waals surface area contributed by atoms with Gasteiger partial charge in [-0.1, -0.05) is 12.1 Å². The molecule has 0 aromatic rings. The SMILES string of the molecule is CC/C(C)=N\OC(C)O. The van der Waals surface area contributed by atoms with Gasteiger partial charge in [-0.05, 0) is 13.3 Å². The van der Waals surface area contributed by atoms with Crippen molar-refractivity contribution in [2.24, 2.45) is 5.16 Å². The van der Waals surface area contributed by atoms with Gasteiger partial charge < -0.3 is 9.94 Å². The van der Waals surface area contributed by atoms with E-state index in [9.17, 15) is 0 Å². The number of aliphatic hydroxyl groups is 1. The zero-order chi connectivity index (χ0) is 7.28. The van der Waals surface area contributed by atoms with E-state index in [1.165, 1.54) is 6.92 Å². The summed E-state index contributed by atoms with van der Waals surface area (Å²) in [6.07, 6.45) is 0.0544. The maximum Gasteiger partial charge on any atom is 0.221 e. The van der Waals surface area contributed by atoms with Gasteiger partial charge in [0.25, 0.3) is 0 Å². The van der Waals surface area contributed by atoms with Gasteiger partial charge in [-0.15, -0.1) is 0 Å². The second-order valence-corrected chi connectivity index (χ2v) is 1.88. The highest BCUT2D eigenvalue weighted by Crippen LogP contribution is 1.89. The van der Waals surface area contributed by atoms with Crippen LogP contribution in [0, 0.1) is 0 Å². The summed E-state index contributed by atoms with van der Waals surface area (Å²) >= 11 is 0. The Morgan fingerprint density at radius 1 is 1.78 bits per heavy atom. The highest BCUT2D eigenvalue weighted by Gasteiger charge is 1.90. The van der Waals surface area contributed by atoms with Crippen molar-refractivity contribution in [2.75, 3.05) is 0 Å². The van der Waals surface area contributed by atoms with Crippen LogP contribution >= 0.6 is 0 Å². The molecule has 0 aliphatic rings. The molecule has 0 aromatic carbocycles. The summed E-state index contributed by atoms with van der Waals surface area (Å²) in [5.41, 5.74) is 0.885. The van der Waals surface area contributed by atoms with Gasteiger partial charge in [0.05, 0.1) is 5.71 Å². The van der Waals surface area contributed by atoms with E-state index < -0.39 is 6.29 Å². The highest BCUT2D eigenvalue weighted by atomic mass is 16.7. The third-order valence-electron chi connectivity index (χ3n) is 0.873. The first-order chi connectivity index (χ1) is 4.16. The molecule has 0 amide bonds. The summed E-state index contributed by atoms with van der Waals surface area (Å²) < 4.78 is 0. The number of oxime groups is 1. The van der Waals surface area contributed by atoms with Gasteiger partial charge in [-0.2, -0.15) is 0 Å². The van der Waals surface area contributed by atoms with Crippen molar-refractivity contribution in [3.05, 3.63) is 0 Å². The van der Waals surface area contributed by atoms with Crippen LogP contribution < -0.4 is 0 Å². The van der Waals surface area contributed by atoms with Gasteiger partial charge in [0.1, 0.15) is 0 Å². The molecule has 1 unspecified atom stereocenters. The van der Waals surface area contributed by atoms with Gasteiger partial charge in [0.2, 0.25) is 6.29 Å². The van der Waals surface area contributed by atoms with E-state index in [1.54, 1.807) is 0 Å². The molecule has 0 aliphatic carbocycles. The Bertz CT molecular complexity index is 99.2. The number of rotatable bonds is 3. The van der Waals surface area contributed by atoms with Gasteiger partial charge in [0, 0.05) is 6.92 Å². The largest absolute Gasteiger partial charge is 0.364 e. The fourth-order valence-electron chi connectivity index (χ4n) is 0.231. The average molecular weight is 131 g/mol. The standard InChI is InChI=1S/C6H13NO2/c1-4-5(2)7-9-6(3)8/h6,8H,4H2,1-3H3/b7-5-. The van der Waals surface area contributed by atoms with E-state index in [-0.39, 0.29) is 0 Å². The Labute approximate surface area is 55.3 Å². The molecule has 0 aromatic heterocycles. The van der Waals surface area contributed by atoms with E-state index in [0.29, 0.717) is 0 Å². The summed E-state index contributed by atoms with van der Waals surface area (Å²) in [7, 11) is 0. The lowest BCUT2D eigenvalue weighted by atomic mass is 10.3. The molecule has 0 radical (unpaired) electrons. The van der Waals surface area contributed by atoms with Crippen LogP contribution in [0.2, 0.25) is 0 Å². The van der Waals surface area contributed by atoms with Gasteiger partial charge in [0.15, 0.2) is 0 Å². The van der Waals surface area contributed by atoms with Crippen molar-refractivity contribution in [2.45, 2.75) is 33.5 Å². The minimum Gasteiger partial charge on any atom is -0.364 e. The van der Waals surface area contributed by atoms with Crippen molar-refractivity contribution in [1.29, 1.82) is 0 Å². The Hall–Kier alpha value is -0.570. The predicted molar refractivity (Wildman–Crippen MR) is 36.2 cm³/mol. The van der Waals surface area contributed by atoms with Crippen LogP contribution in [-0.4, -0.2) is 17.1 Å². The van der Waals surface area contributed by atoms with Crippen LogP contribution in [0.4, 0.5) is 0 Å². The van der Waals surface area contributed by atoms with E-state index in [0.717, 1.165) is 12.1 Å². The first-order valence-corrected chi connectivity index (χ1v) is 3.04. The first kappa shape index (κ1) is 8.43. The average Bonchev–Trinajstić information content (AvgIpc) is 1.83. The van der Waals surface area contributed by atoms with Crippen LogP contribution in [-0.2, 0) is 4.84 Å². The lowest BCUT2D eigenvalue weighted by molar-refractivity contribution is -0.0839. The fourth-order valence-corrected chi connectivity index (χ4v) is 0.231.